The summed E-state index contributed by atoms with van der Waals surface area (Å²) in [5.41, 5.74) is 6.33. The molecule has 0 spiro atoms. The Labute approximate surface area is 143 Å². The standard InChI is InChI=1S/C20H26N4/c1-2-6-15(7-3-1)18-14-24-19(22-18)12-21-17-9-8-16(20(17)24)13-23-10-4-5-11-23/h8,12,14-15H,1-7,9-11,13H2. The van der Waals surface area contributed by atoms with Crippen LogP contribution in [0.5, 0.6) is 0 Å². The van der Waals surface area contributed by atoms with E-state index in [2.05, 4.69) is 21.6 Å². The first-order chi connectivity index (χ1) is 11.9. The number of aromatic nitrogens is 3. The van der Waals surface area contributed by atoms with Crippen LogP contribution in [0.3, 0.4) is 0 Å². The maximum atomic E-state index is 4.94. The summed E-state index contributed by atoms with van der Waals surface area (Å²) in [7, 11) is 0. The molecule has 0 radical (unpaired) electrons. The summed E-state index contributed by atoms with van der Waals surface area (Å²) in [5, 5.41) is 0. The van der Waals surface area contributed by atoms with Crippen molar-refractivity contribution in [2.75, 3.05) is 19.6 Å². The third-order valence-corrected chi connectivity index (χ3v) is 6.06. The number of allylic oxidation sites excluding steroid dienone is 1. The molecule has 2 fully saturated rings. The Bertz CT molecular complexity index is 776. The van der Waals surface area contributed by atoms with E-state index in [0.717, 1.165) is 18.6 Å². The number of nitrogens with zero attached hydrogens (tertiary/aromatic N) is 4. The molecular formula is C20H26N4. The second-order valence-corrected chi connectivity index (χ2v) is 7.70. The van der Waals surface area contributed by atoms with Gasteiger partial charge in [0.25, 0.3) is 0 Å². The highest BCUT2D eigenvalue weighted by Gasteiger charge is 2.24. The molecule has 4 nitrogen and oxygen atoms in total. The maximum absolute atomic E-state index is 4.94. The monoisotopic (exact) mass is 322 g/mol. The minimum Gasteiger partial charge on any atom is -0.299 e. The molecule has 2 aromatic heterocycles. The number of hydrogen-bond donors (Lipinski definition) is 0. The van der Waals surface area contributed by atoms with Crippen molar-refractivity contribution in [1.82, 2.24) is 19.3 Å². The van der Waals surface area contributed by atoms with Crippen LogP contribution in [0.15, 0.2) is 18.5 Å². The van der Waals surface area contributed by atoms with Crippen LogP contribution >= 0.6 is 0 Å². The summed E-state index contributed by atoms with van der Waals surface area (Å²) >= 11 is 0. The van der Waals surface area contributed by atoms with E-state index in [1.165, 1.54) is 80.7 Å². The van der Waals surface area contributed by atoms with Crippen molar-refractivity contribution in [3.63, 3.8) is 0 Å². The van der Waals surface area contributed by atoms with E-state index < -0.39 is 0 Å². The van der Waals surface area contributed by atoms with E-state index in [-0.39, 0.29) is 0 Å². The lowest BCUT2D eigenvalue weighted by molar-refractivity contribution is 0.382. The molecule has 3 aliphatic rings. The van der Waals surface area contributed by atoms with Gasteiger partial charge in [0.15, 0.2) is 5.65 Å². The number of likely N-dealkylation sites (tertiary alicyclic amines) is 1. The molecule has 0 atom stereocenters. The highest BCUT2D eigenvalue weighted by atomic mass is 15.1. The van der Waals surface area contributed by atoms with E-state index in [9.17, 15) is 0 Å². The quantitative estimate of drug-likeness (QED) is 0.861. The Hall–Kier alpha value is -1.68. The van der Waals surface area contributed by atoms with Crippen molar-refractivity contribution in [1.29, 1.82) is 0 Å². The zero-order valence-electron chi connectivity index (χ0n) is 14.4. The van der Waals surface area contributed by atoms with Crippen molar-refractivity contribution in [3.05, 3.63) is 35.6 Å². The summed E-state index contributed by atoms with van der Waals surface area (Å²) in [6.45, 7) is 3.56. The third kappa shape index (κ3) is 2.48. The van der Waals surface area contributed by atoms with Gasteiger partial charge in [-0.1, -0.05) is 25.3 Å². The smallest absolute Gasteiger partial charge is 0.156 e. The largest absolute Gasteiger partial charge is 0.299 e. The molecule has 0 unspecified atom stereocenters. The average Bonchev–Trinajstić information content (AvgIpc) is 3.34. The van der Waals surface area contributed by atoms with Crippen LogP contribution in [-0.4, -0.2) is 38.9 Å². The predicted molar refractivity (Wildman–Crippen MR) is 96.2 cm³/mol. The van der Waals surface area contributed by atoms with Gasteiger partial charge in [0.05, 0.1) is 23.3 Å². The Morgan fingerprint density at radius 1 is 1.04 bits per heavy atom. The zero-order valence-corrected chi connectivity index (χ0v) is 14.4. The van der Waals surface area contributed by atoms with Crippen molar-refractivity contribution in [2.24, 2.45) is 0 Å². The molecule has 1 saturated carbocycles. The Morgan fingerprint density at radius 2 is 1.88 bits per heavy atom. The van der Waals surface area contributed by atoms with Gasteiger partial charge >= 0.3 is 0 Å². The highest BCUT2D eigenvalue weighted by Crippen LogP contribution is 2.34. The number of rotatable bonds is 3. The fourth-order valence-corrected chi connectivity index (χ4v) is 4.74. The van der Waals surface area contributed by atoms with E-state index in [1.54, 1.807) is 0 Å². The molecule has 1 saturated heterocycles. The second-order valence-electron chi connectivity index (χ2n) is 7.70. The molecule has 24 heavy (non-hydrogen) atoms. The number of hydrogen-bond acceptors (Lipinski definition) is 3. The first-order valence-electron chi connectivity index (χ1n) is 9.67. The summed E-state index contributed by atoms with van der Waals surface area (Å²) in [4.78, 5) is 12.2. The van der Waals surface area contributed by atoms with Gasteiger partial charge in [0.2, 0.25) is 0 Å². The average molecular weight is 322 g/mol. The van der Waals surface area contributed by atoms with Crippen LogP contribution < -0.4 is 0 Å². The van der Waals surface area contributed by atoms with Crippen molar-refractivity contribution in [2.45, 2.75) is 57.3 Å². The van der Waals surface area contributed by atoms with Gasteiger partial charge in [-0.3, -0.25) is 14.3 Å². The molecule has 2 aliphatic carbocycles. The predicted octanol–water partition coefficient (Wildman–Crippen LogP) is 3.81. The first-order valence-corrected chi connectivity index (χ1v) is 9.67. The summed E-state index contributed by atoms with van der Waals surface area (Å²) in [6, 6.07) is 0. The Morgan fingerprint density at radius 3 is 2.71 bits per heavy atom. The van der Waals surface area contributed by atoms with Gasteiger partial charge in [-0.2, -0.15) is 0 Å². The van der Waals surface area contributed by atoms with E-state index in [0.29, 0.717) is 5.92 Å². The minimum atomic E-state index is 0.654. The summed E-state index contributed by atoms with van der Waals surface area (Å²) < 4.78 is 2.33. The van der Waals surface area contributed by atoms with Crippen LogP contribution in [0.4, 0.5) is 0 Å². The second kappa shape index (κ2) is 5.99. The van der Waals surface area contributed by atoms with E-state index in [1.807, 2.05) is 6.20 Å². The SMILES string of the molecule is C1=C(CN2CCCC2)c2c(ncc3nc(C4CCCCC4)cn23)C1. The van der Waals surface area contributed by atoms with Gasteiger partial charge in [-0.25, -0.2) is 4.98 Å². The lowest BCUT2D eigenvalue weighted by atomic mass is 9.87. The molecule has 0 aromatic carbocycles. The van der Waals surface area contributed by atoms with Gasteiger partial charge < -0.3 is 0 Å². The lowest BCUT2D eigenvalue weighted by Crippen LogP contribution is -2.21. The highest BCUT2D eigenvalue weighted by molar-refractivity contribution is 5.72. The van der Waals surface area contributed by atoms with Crippen molar-refractivity contribution in [3.8, 4) is 0 Å². The number of fused-ring (bicyclic) bond motifs is 3. The van der Waals surface area contributed by atoms with Gasteiger partial charge in [0, 0.05) is 25.1 Å². The Kier molecular flexibility index (Phi) is 3.66. The number of imidazole rings is 1. The Balaban J connectivity index is 1.50. The van der Waals surface area contributed by atoms with Crippen LogP contribution in [0.25, 0.3) is 11.2 Å². The van der Waals surface area contributed by atoms with Crippen molar-refractivity contribution < 1.29 is 0 Å². The molecule has 1 aliphatic heterocycles. The fraction of sp³-hybridized carbons (Fsp3) is 0.600. The molecule has 0 N–H and O–H groups in total. The van der Waals surface area contributed by atoms with Gasteiger partial charge in [0.1, 0.15) is 0 Å². The van der Waals surface area contributed by atoms with E-state index in [4.69, 9.17) is 9.97 Å². The van der Waals surface area contributed by atoms with E-state index >= 15 is 0 Å². The molecule has 0 amide bonds. The molecule has 2 aromatic rings. The minimum absolute atomic E-state index is 0.654. The lowest BCUT2D eigenvalue weighted by Gasteiger charge is -2.19. The maximum Gasteiger partial charge on any atom is 0.156 e. The third-order valence-electron chi connectivity index (χ3n) is 6.06. The zero-order chi connectivity index (χ0) is 15.9. The van der Waals surface area contributed by atoms with Crippen LogP contribution in [-0.2, 0) is 6.42 Å². The molecule has 126 valence electrons. The first kappa shape index (κ1) is 14.6. The molecular weight excluding hydrogens is 296 g/mol. The van der Waals surface area contributed by atoms with Crippen LogP contribution in [0.1, 0.15) is 67.9 Å². The van der Waals surface area contributed by atoms with Gasteiger partial charge in [-0.15, -0.1) is 0 Å². The van der Waals surface area contributed by atoms with Crippen LogP contribution in [0, 0.1) is 0 Å². The summed E-state index contributed by atoms with van der Waals surface area (Å²) in [6.07, 6.45) is 17.0. The molecule has 5 rings (SSSR count). The normalized spacial score (nSPS) is 22.2. The van der Waals surface area contributed by atoms with Crippen LogP contribution in [0.2, 0.25) is 0 Å². The molecule has 0 bridgehead atoms. The molecule has 4 heteroatoms. The molecule has 3 heterocycles. The van der Waals surface area contributed by atoms with Gasteiger partial charge in [-0.05, 0) is 44.3 Å². The fourth-order valence-electron chi connectivity index (χ4n) is 4.74. The van der Waals surface area contributed by atoms with Crippen molar-refractivity contribution >= 4 is 11.2 Å². The topological polar surface area (TPSA) is 33.4 Å². The summed E-state index contributed by atoms with van der Waals surface area (Å²) in [5.74, 6) is 0.654.